The zero-order valence-corrected chi connectivity index (χ0v) is 16.5. The third-order valence-electron chi connectivity index (χ3n) is 4.97. The number of hydrogen-bond acceptors (Lipinski definition) is 4. The third-order valence-corrected chi connectivity index (χ3v) is 4.97. The predicted octanol–water partition coefficient (Wildman–Crippen LogP) is 1.73. The molecule has 1 N–H and O–H groups in total. The summed E-state index contributed by atoms with van der Waals surface area (Å²) in [6.45, 7) is 13.7. The summed E-state index contributed by atoms with van der Waals surface area (Å²) in [7, 11) is 0. The standard InChI is InChI=1S/C20H32N4O2/c1-5-24(6-2)20(26)15-23-11-9-22(10-12-23)14-19(25)21-18-13-16(3)7-8-17(18)4/h7-8,13H,5-6,9-12,14-15H2,1-4H3,(H,21,25). The Morgan fingerprint density at radius 2 is 1.58 bits per heavy atom. The van der Waals surface area contributed by atoms with Crippen molar-refractivity contribution in [3.8, 4) is 0 Å². The van der Waals surface area contributed by atoms with Crippen molar-refractivity contribution in [2.45, 2.75) is 27.7 Å². The first kappa shape index (κ1) is 20.4. The lowest BCUT2D eigenvalue weighted by atomic mass is 10.1. The zero-order valence-electron chi connectivity index (χ0n) is 16.5. The molecule has 26 heavy (non-hydrogen) atoms. The second kappa shape index (κ2) is 9.69. The first-order chi connectivity index (χ1) is 12.4. The van der Waals surface area contributed by atoms with Gasteiger partial charge in [0.25, 0.3) is 0 Å². The van der Waals surface area contributed by atoms with Crippen molar-refractivity contribution in [2.75, 3.05) is 57.7 Å². The molecule has 0 unspecified atom stereocenters. The monoisotopic (exact) mass is 360 g/mol. The summed E-state index contributed by atoms with van der Waals surface area (Å²) in [5, 5.41) is 3.02. The Morgan fingerprint density at radius 1 is 1.00 bits per heavy atom. The van der Waals surface area contributed by atoms with E-state index in [1.807, 2.05) is 50.8 Å². The highest BCUT2D eigenvalue weighted by Gasteiger charge is 2.22. The summed E-state index contributed by atoms with van der Waals surface area (Å²) in [6.07, 6.45) is 0. The zero-order chi connectivity index (χ0) is 19.1. The molecule has 1 aromatic rings. The molecule has 1 aliphatic heterocycles. The lowest BCUT2D eigenvalue weighted by Crippen LogP contribution is -2.51. The molecular formula is C20H32N4O2. The van der Waals surface area contributed by atoms with Gasteiger partial charge in [0, 0.05) is 45.0 Å². The third kappa shape index (κ3) is 5.81. The van der Waals surface area contributed by atoms with E-state index in [1.165, 1.54) is 0 Å². The maximum Gasteiger partial charge on any atom is 0.238 e. The lowest BCUT2D eigenvalue weighted by Gasteiger charge is -2.34. The summed E-state index contributed by atoms with van der Waals surface area (Å²) in [6, 6.07) is 6.07. The molecule has 0 aromatic heterocycles. The quantitative estimate of drug-likeness (QED) is 0.805. The van der Waals surface area contributed by atoms with Crippen LogP contribution in [-0.2, 0) is 9.59 Å². The first-order valence-electron chi connectivity index (χ1n) is 9.52. The van der Waals surface area contributed by atoms with E-state index in [0.717, 1.165) is 56.1 Å². The van der Waals surface area contributed by atoms with Crippen LogP contribution in [0.1, 0.15) is 25.0 Å². The van der Waals surface area contributed by atoms with Crippen LogP contribution in [0.25, 0.3) is 0 Å². The number of benzene rings is 1. The summed E-state index contributed by atoms with van der Waals surface area (Å²) < 4.78 is 0. The molecule has 6 nitrogen and oxygen atoms in total. The van der Waals surface area contributed by atoms with Crippen molar-refractivity contribution >= 4 is 17.5 Å². The SMILES string of the molecule is CCN(CC)C(=O)CN1CCN(CC(=O)Nc2cc(C)ccc2C)CC1. The summed E-state index contributed by atoms with van der Waals surface area (Å²) in [4.78, 5) is 30.7. The van der Waals surface area contributed by atoms with E-state index in [4.69, 9.17) is 0 Å². The maximum absolute atomic E-state index is 12.3. The van der Waals surface area contributed by atoms with E-state index in [0.29, 0.717) is 13.1 Å². The Labute approximate surface area is 157 Å². The van der Waals surface area contributed by atoms with Gasteiger partial charge in [-0.3, -0.25) is 19.4 Å². The number of carbonyl (C=O) groups is 2. The molecule has 0 bridgehead atoms. The number of nitrogens with one attached hydrogen (secondary N) is 1. The molecule has 0 atom stereocenters. The number of amides is 2. The van der Waals surface area contributed by atoms with Crippen molar-refractivity contribution in [1.29, 1.82) is 0 Å². The number of anilines is 1. The summed E-state index contributed by atoms with van der Waals surface area (Å²) in [5.74, 6) is 0.211. The van der Waals surface area contributed by atoms with Crippen LogP contribution in [-0.4, -0.2) is 78.9 Å². The Kier molecular flexibility index (Phi) is 7.60. The minimum atomic E-state index is 0.0198. The molecule has 0 radical (unpaired) electrons. The minimum Gasteiger partial charge on any atom is -0.342 e. The van der Waals surface area contributed by atoms with E-state index in [2.05, 4.69) is 15.1 Å². The van der Waals surface area contributed by atoms with Crippen LogP contribution in [0.15, 0.2) is 18.2 Å². The first-order valence-corrected chi connectivity index (χ1v) is 9.52. The predicted molar refractivity (Wildman–Crippen MR) is 105 cm³/mol. The van der Waals surface area contributed by atoms with Crippen LogP contribution in [0.3, 0.4) is 0 Å². The van der Waals surface area contributed by atoms with Crippen LogP contribution >= 0.6 is 0 Å². The number of hydrogen-bond donors (Lipinski definition) is 1. The van der Waals surface area contributed by atoms with Crippen molar-refractivity contribution in [2.24, 2.45) is 0 Å². The number of aryl methyl sites for hydroxylation is 2. The fourth-order valence-electron chi connectivity index (χ4n) is 3.24. The van der Waals surface area contributed by atoms with Crippen molar-refractivity contribution in [3.05, 3.63) is 29.3 Å². The average molecular weight is 361 g/mol. The highest BCUT2D eigenvalue weighted by molar-refractivity contribution is 5.93. The van der Waals surface area contributed by atoms with Crippen molar-refractivity contribution < 1.29 is 9.59 Å². The highest BCUT2D eigenvalue weighted by Crippen LogP contribution is 2.16. The van der Waals surface area contributed by atoms with Crippen molar-refractivity contribution in [1.82, 2.24) is 14.7 Å². The topological polar surface area (TPSA) is 55.9 Å². The second-order valence-electron chi connectivity index (χ2n) is 6.98. The molecule has 1 aliphatic rings. The van der Waals surface area contributed by atoms with Crippen molar-refractivity contribution in [3.63, 3.8) is 0 Å². The molecule has 6 heteroatoms. The van der Waals surface area contributed by atoms with Gasteiger partial charge in [0.05, 0.1) is 13.1 Å². The van der Waals surface area contributed by atoms with Crippen LogP contribution < -0.4 is 5.32 Å². The van der Waals surface area contributed by atoms with Gasteiger partial charge in [-0.1, -0.05) is 12.1 Å². The van der Waals surface area contributed by atoms with Gasteiger partial charge in [0.2, 0.25) is 11.8 Å². The van der Waals surface area contributed by atoms with Crippen LogP contribution in [0.4, 0.5) is 5.69 Å². The summed E-state index contributed by atoms with van der Waals surface area (Å²) >= 11 is 0. The van der Waals surface area contributed by atoms with Gasteiger partial charge in [0.1, 0.15) is 0 Å². The molecule has 2 amide bonds. The number of likely N-dealkylation sites (N-methyl/N-ethyl adjacent to an activating group) is 1. The second-order valence-corrected chi connectivity index (χ2v) is 6.98. The van der Waals surface area contributed by atoms with E-state index >= 15 is 0 Å². The summed E-state index contributed by atoms with van der Waals surface area (Å²) in [5.41, 5.74) is 3.10. The van der Waals surface area contributed by atoms with E-state index in [-0.39, 0.29) is 11.8 Å². The molecule has 1 saturated heterocycles. The molecule has 0 aliphatic carbocycles. The maximum atomic E-state index is 12.3. The van der Waals surface area contributed by atoms with E-state index in [9.17, 15) is 9.59 Å². The Balaban J connectivity index is 1.77. The fourth-order valence-corrected chi connectivity index (χ4v) is 3.24. The van der Waals surface area contributed by atoms with Crippen LogP contribution in [0.2, 0.25) is 0 Å². The number of nitrogens with zero attached hydrogens (tertiary/aromatic N) is 3. The van der Waals surface area contributed by atoms with Crippen LogP contribution in [0.5, 0.6) is 0 Å². The molecular weight excluding hydrogens is 328 g/mol. The lowest BCUT2D eigenvalue weighted by molar-refractivity contribution is -0.132. The number of rotatable bonds is 7. The highest BCUT2D eigenvalue weighted by atomic mass is 16.2. The molecule has 144 valence electrons. The fraction of sp³-hybridized carbons (Fsp3) is 0.600. The van der Waals surface area contributed by atoms with E-state index in [1.54, 1.807) is 0 Å². The van der Waals surface area contributed by atoms with Gasteiger partial charge >= 0.3 is 0 Å². The van der Waals surface area contributed by atoms with Crippen LogP contribution in [0, 0.1) is 13.8 Å². The smallest absolute Gasteiger partial charge is 0.238 e. The normalized spacial score (nSPS) is 15.7. The molecule has 1 heterocycles. The largest absolute Gasteiger partial charge is 0.342 e. The molecule has 2 rings (SSSR count). The Morgan fingerprint density at radius 3 is 2.15 bits per heavy atom. The van der Waals surface area contributed by atoms with Gasteiger partial charge < -0.3 is 10.2 Å². The number of piperazine rings is 1. The Hall–Kier alpha value is -1.92. The van der Waals surface area contributed by atoms with Gasteiger partial charge in [-0.05, 0) is 44.9 Å². The van der Waals surface area contributed by atoms with E-state index < -0.39 is 0 Å². The van der Waals surface area contributed by atoms with Gasteiger partial charge in [-0.15, -0.1) is 0 Å². The molecule has 0 saturated carbocycles. The number of carbonyl (C=O) groups excluding carboxylic acids is 2. The molecule has 0 spiro atoms. The Bertz CT molecular complexity index is 620. The van der Waals surface area contributed by atoms with Gasteiger partial charge in [-0.2, -0.15) is 0 Å². The molecule has 1 fully saturated rings. The average Bonchev–Trinajstić information content (AvgIpc) is 2.61. The van der Waals surface area contributed by atoms with Gasteiger partial charge in [0.15, 0.2) is 0 Å². The molecule has 1 aromatic carbocycles. The minimum absolute atomic E-state index is 0.0198. The van der Waals surface area contributed by atoms with Gasteiger partial charge in [-0.25, -0.2) is 0 Å².